The van der Waals surface area contributed by atoms with Gasteiger partial charge in [0.15, 0.2) is 0 Å². The predicted molar refractivity (Wildman–Crippen MR) is 61.5 cm³/mol. The van der Waals surface area contributed by atoms with Crippen LogP contribution < -0.4 is 11.1 Å². The Morgan fingerprint density at radius 3 is 2.80 bits per heavy atom. The van der Waals surface area contributed by atoms with Gasteiger partial charge in [-0.2, -0.15) is 0 Å². The zero-order valence-electron chi connectivity index (χ0n) is 9.34. The van der Waals surface area contributed by atoms with Gasteiger partial charge in [-0.05, 0) is 25.8 Å². The van der Waals surface area contributed by atoms with E-state index >= 15 is 0 Å². The Labute approximate surface area is 91.9 Å². The lowest BCUT2D eigenvalue weighted by atomic mass is 10.2. The summed E-state index contributed by atoms with van der Waals surface area (Å²) in [4.78, 5) is 10.3. The van der Waals surface area contributed by atoms with Crippen molar-refractivity contribution in [2.45, 2.75) is 25.7 Å². The Morgan fingerprint density at radius 1 is 1.33 bits per heavy atom. The fourth-order valence-electron chi connectivity index (χ4n) is 1.16. The second kappa shape index (κ2) is 11.2. The zero-order valence-corrected chi connectivity index (χ0v) is 9.34. The summed E-state index contributed by atoms with van der Waals surface area (Å²) in [5.41, 5.74) is 4.91. The normalized spacial score (nSPS) is 10.1. The summed E-state index contributed by atoms with van der Waals surface area (Å²) in [6.45, 7) is 5.99. The monoisotopic (exact) mass is 214 g/mol. The van der Waals surface area contributed by atoms with Crippen LogP contribution in [-0.2, 0) is 9.53 Å². The third-order valence-corrected chi connectivity index (χ3v) is 1.93. The van der Waals surface area contributed by atoms with Gasteiger partial charge in [0.2, 0.25) is 5.91 Å². The molecule has 4 heteroatoms. The van der Waals surface area contributed by atoms with Crippen molar-refractivity contribution in [1.82, 2.24) is 5.32 Å². The van der Waals surface area contributed by atoms with Crippen molar-refractivity contribution in [1.29, 1.82) is 0 Å². The van der Waals surface area contributed by atoms with E-state index in [1.54, 1.807) is 0 Å². The first kappa shape index (κ1) is 14.1. The number of nitrogens with one attached hydrogen (secondary N) is 1. The minimum absolute atomic E-state index is 0.0149. The summed E-state index contributed by atoms with van der Waals surface area (Å²) < 4.78 is 4.99. The van der Waals surface area contributed by atoms with E-state index in [0.29, 0.717) is 6.61 Å². The molecule has 4 nitrogen and oxygen atoms in total. The van der Waals surface area contributed by atoms with E-state index in [2.05, 4.69) is 11.9 Å². The number of carbonyl (C=O) groups excluding carboxylic acids is 1. The van der Waals surface area contributed by atoms with E-state index in [4.69, 9.17) is 10.5 Å². The molecule has 0 atom stereocenters. The van der Waals surface area contributed by atoms with Crippen molar-refractivity contribution >= 4 is 5.91 Å². The molecule has 0 aromatic carbocycles. The van der Waals surface area contributed by atoms with Crippen LogP contribution in [0.4, 0.5) is 0 Å². The number of primary amides is 1. The lowest BCUT2D eigenvalue weighted by Crippen LogP contribution is -2.24. The molecule has 0 heterocycles. The molecule has 1 amide bonds. The molecular formula is C11H22N2O2. The standard InChI is InChI=1S/C11H22N2O2/c1-2-3-4-5-6-7-13-8-9-15-10-11(12)14/h2,13H,1,3-10H2,(H2,12,14). The van der Waals surface area contributed by atoms with Gasteiger partial charge in [-0.1, -0.05) is 12.5 Å². The number of unbranched alkanes of at least 4 members (excludes halogenated alkanes) is 3. The maximum Gasteiger partial charge on any atom is 0.243 e. The van der Waals surface area contributed by atoms with E-state index < -0.39 is 5.91 Å². The second-order valence-corrected chi connectivity index (χ2v) is 3.41. The number of hydrogen-bond acceptors (Lipinski definition) is 3. The molecule has 0 unspecified atom stereocenters. The molecule has 0 rings (SSSR count). The van der Waals surface area contributed by atoms with Gasteiger partial charge >= 0.3 is 0 Å². The largest absolute Gasteiger partial charge is 0.370 e. The first-order valence-corrected chi connectivity index (χ1v) is 5.45. The van der Waals surface area contributed by atoms with Crippen LogP contribution in [0.15, 0.2) is 12.7 Å². The van der Waals surface area contributed by atoms with Crippen LogP contribution in [0, 0.1) is 0 Å². The van der Waals surface area contributed by atoms with Gasteiger partial charge in [0.05, 0.1) is 6.61 Å². The van der Waals surface area contributed by atoms with E-state index in [9.17, 15) is 4.79 Å². The molecular weight excluding hydrogens is 192 g/mol. The molecule has 0 radical (unpaired) electrons. The average molecular weight is 214 g/mol. The van der Waals surface area contributed by atoms with Crippen LogP contribution in [0.2, 0.25) is 0 Å². The van der Waals surface area contributed by atoms with Crippen molar-refractivity contribution in [2.75, 3.05) is 26.3 Å². The van der Waals surface area contributed by atoms with Gasteiger partial charge in [-0.3, -0.25) is 4.79 Å². The lowest BCUT2D eigenvalue weighted by molar-refractivity contribution is -0.122. The molecule has 0 aliphatic heterocycles. The summed E-state index contributed by atoms with van der Waals surface area (Å²) in [5, 5.41) is 3.23. The van der Waals surface area contributed by atoms with Gasteiger partial charge in [0.25, 0.3) is 0 Å². The van der Waals surface area contributed by atoms with Crippen molar-refractivity contribution < 1.29 is 9.53 Å². The summed E-state index contributed by atoms with van der Waals surface area (Å²) in [7, 11) is 0. The Balaban J connectivity index is 2.92. The van der Waals surface area contributed by atoms with Crippen molar-refractivity contribution in [3.63, 3.8) is 0 Å². The summed E-state index contributed by atoms with van der Waals surface area (Å²) in [6, 6.07) is 0. The van der Waals surface area contributed by atoms with Gasteiger partial charge in [-0.15, -0.1) is 6.58 Å². The number of nitrogens with two attached hydrogens (primary N) is 1. The van der Waals surface area contributed by atoms with Crippen LogP contribution in [0.1, 0.15) is 25.7 Å². The van der Waals surface area contributed by atoms with Crippen molar-refractivity contribution in [3.8, 4) is 0 Å². The van der Waals surface area contributed by atoms with Gasteiger partial charge in [0, 0.05) is 6.54 Å². The number of allylic oxidation sites excluding steroid dienone is 1. The third kappa shape index (κ3) is 13.1. The topological polar surface area (TPSA) is 64.3 Å². The van der Waals surface area contributed by atoms with Crippen molar-refractivity contribution in [3.05, 3.63) is 12.7 Å². The zero-order chi connectivity index (χ0) is 11.4. The Kier molecular flexibility index (Phi) is 10.6. The fourth-order valence-corrected chi connectivity index (χ4v) is 1.16. The maximum atomic E-state index is 10.3. The number of carbonyl (C=O) groups is 1. The number of hydrogen-bond donors (Lipinski definition) is 2. The SMILES string of the molecule is C=CCCCCCNCCOCC(N)=O. The van der Waals surface area contributed by atoms with Crippen LogP contribution in [0.5, 0.6) is 0 Å². The smallest absolute Gasteiger partial charge is 0.243 e. The second-order valence-electron chi connectivity index (χ2n) is 3.41. The van der Waals surface area contributed by atoms with Crippen LogP contribution >= 0.6 is 0 Å². The molecule has 0 aliphatic rings. The molecule has 3 N–H and O–H groups in total. The number of amides is 1. The predicted octanol–water partition coefficient (Wildman–Crippen LogP) is 0.824. The number of ether oxygens (including phenoxy) is 1. The first-order chi connectivity index (χ1) is 7.27. The molecule has 15 heavy (non-hydrogen) atoms. The summed E-state index contributed by atoms with van der Waals surface area (Å²) >= 11 is 0. The highest BCUT2D eigenvalue weighted by Gasteiger charge is 1.93. The highest BCUT2D eigenvalue weighted by molar-refractivity contribution is 5.74. The average Bonchev–Trinajstić information content (AvgIpc) is 2.20. The summed E-state index contributed by atoms with van der Waals surface area (Å²) in [5.74, 6) is -0.417. The Hall–Kier alpha value is -0.870. The molecule has 88 valence electrons. The van der Waals surface area contributed by atoms with Gasteiger partial charge in [0.1, 0.15) is 6.61 Å². The van der Waals surface area contributed by atoms with E-state index in [1.807, 2.05) is 6.08 Å². The molecule has 0 saturated carbocycles. The summed E-state index contributed by atoms with van der Waals surface area (Å²) in [6.07, 6.45) is 6.65. The minimum Gasteiger partial charge on any atom is -0.370 e. The van der Waals surface area contributed by atoms with Gasteiger partial charge in [-0.25, -0.2) is 0 Å². The molecule has 0 saturated heterocycles. The quantitative estimate of drug-likeness (QED) is 0.395. The van der Waals surface area contributed by atoms with Crippen molar-refractivity contribution in [2.24, 2.45) is 5.73 Å². The maximum absolute atomic E-state index is 10.3. The van der Waals surface area contributed by atoms with Crippen LogP contribution in [0.25, 0.3) is 0 Å². The van der Waals surface area contributed by atoms with Crippen LogP contribution in [0.3, 0.4) is 0 Å². The molecule has 0 fully saturated rings. The van der Waals surface area contributed by atoms with E-state index in [0.717, 1.165) is 19.5 Å². The highest BCUT2D eigenvalue weighted by atomic mass is 16.5. The van der Waals surface area contributed by atoms with E-state index in [-0.39, 0.29) is 6.61 Å². The molecule has 0 aromatic heterocycles. The minimum atomic E-state index is -0.417. The molecule has 0 spiro atoms. The van der Waals surface area contributed by atoms with Gasteiger partial charge < -0.3 is 15.8 Å². The Morgan fingerprint density at radius 2 is 2.13 bits per heavy atom. The van der Waals surface area contributed by atoms with Crippen LogP contribution in [-0.4, -0.2) is 32.2 Å². The molecule has 0 aliphatic carbocycles. The third-order valence-electron chi connectivity index (χ3n) is 1.93. The first-order valence-electron chi connectivity index (χ1n) is 5.45. The molecule has 0 bridgehead atoms. The lowest BCUT2D eigenvalue weighted by Gasteiger charge is -2.04. The number of rotatable bonds is 11. The fraction of sp³-hybridized carbons (Fsp3) is 0.727. The Bertz CT molecular complexity index is 172. The highest BCUT2D eigenvalue weighted by Crippen LogP contribution is 1.98. The molecule has 0 aromatic rings. The van der Waals surface area contributed by atoms with E-state index in [1.165, 1.54) is 19.3 Å².